The second-order valence-corrected chi connectivity index (χ2v) is 8.16. The highest BCUT2D eigenvalue weighted by Crippen LogP contribution is 2.26. The second-order valence-electron chi connectivity index (χ2n) is 6.08. The number of rotatable bonds is 6. The predicted molar refractivity (Wildman–Crippen MR) is 124 cm³/mol. The number of nitro groups is 1. The minimum Gasteiger partial charge on any atom is -0.488 e. The van der Waals surface area contributed by atoms with Crippen LogP contribution < -0.4 is 4.74 Å². The van der Waals surface area contributed by atoms with Crippen molar-refractivity contribution in [2.24, 2.45) is 0 Å². The van der Waals surface area contributed by atoms with Crippen LogP contribution in [0.15, 0.2) is 71.2 Å². The maximum atomic E-state index is 10.8. The largest absolute Gasteiger partial charge is 0.488 e. The van der Waals surface area contributed by atoms with Gasteiger partial charge in [-0.1, -0.05) is 34.1 Å². The highest BCUT2D eigenvalue weighted by atomic mass is 127. The molecule has 0 radical (unpaired) electrons. The molecule has 7 heteroatoms. The van der Waals surface area contributed by atoms with E-state index in [1.165, 1.54) is 12.1 Å². The van der Waals surface area contributed by atoms with Crippen molar-refractivity contribution in [1.29, 1.82) is 5.26 Å². The molecule has 5 nitrogen and oxygen atoms in total. The Labute approximate surface area is 190 Å². The average Bonchev–Trinajstić information content (AvgIpc) is 2.72. The lowest BCUT2D eigenvalue weighted by Gasteiger charge is -2.09. The van der Waals surface area contributed by atoms with Gasteiger partial charge in [0.2, 0.25) is 0 Å². The highest BCUT2D eigenvalue weighted by Gasteiger charge is 2.08. The maximum absolute atomic E-state index is 10.8. The number of halogens is 2. The molecule has 0 spiro atoms. The third kappa shape index (κ3) is 5.65. The Morgan fingerprint density at radius 1 is 1.14 bits per heavy atom. The Kier molecular flexibility index (Phi) is 7.01. The smallest absolute Gasteiger partial charge is 0.269 e. The third-order valence-corrected chi connectivity index (χ3v) is 5.46. The van der Waals surface area contributed by atoms with Crippen LogP contribution in [0.5, 0.6) is 5.75 Å². The lowest BCUT2D eigenvalue weighted by molar-refractivity contribution is -0.384. The molecule has 0 saturated heterocycles. The molecule has 3 rings (SSSR count). The van der Waals surface area contributed by atoms with E-state index in [0.717, 1.165) is 24.9 Å². The van der Waals surface area contributed by atoms with E-state index < -0.39 is 4.92 Å². The predicted octanol–water partition coefficient (Wildman–Crippen LogP) is 6.61. The normalized spacial score (nSPS) is 11.0. The molecule has 0 fully saturated rings. The number of hydrogen-bond donors (Lipinski definition) is 0. The molecule has 0 aliphatic rings. The van der Waals surface area contributed by atoms with Crippen molar-refractivity contribution in [3.05, 3.63) is 102 Å². The van der Waals surface area contributed by atoms with E-state index in [1.807, 2.05) is 42.5 Å². The zero-order valence-corrected chi connectivity index (χ0v) is 18.8. The summed E-state index contributed by atoms with van der Waals surface area (Å²) in [4.78, 5) is 10.3. The van der Waals surface area contributed by atoms with Crippen molar-refractivity contribution < 1.29 is 9.66 Å². The number of nitriles is 1. The molecule has 0 aliphatic carbocycles. The van der Waals surface area contributed by atoms with E-state index in [1.54, 1.807) is 18.2 Å². The van der Waals surface area contributed by atoms with Crippen molar-refractivity contribution in [2.45, 2.75) is 6.61 Å². The first-order valence-corrected chi connectivity index (χ1v) is 10.4. The van der Waals surface area contributed by atoms with Gasteiger partial charge in [0.25, 0.3) is 5.69 Å². The van der Waals surface area contributed by atoms with Crippen molar-refractivity contribution in [2.75, 3.05) is 0 Å². The lowest BCUT2D eigenvalue weighted by atomic mass is 10.0. The molecule has 0 saturated carbocycles. The van der Waals surface area contributed by atoms with Crippen LogP contribution >= 0.6 is 38.5 Å². The molecule has 0 heterocycles. The number of allylic oxidation sites excluding steroid dienone is 1. The molecule has 144 valence electrons. The van der Waals surface area contributed by atoms with E-state index in [0.29, 0.717) is 17.7 Å². The van der Waals surface area contributed by atoms with Crippen LogP contribution in [0.4, 0.5) is 5.69 Å². The molecule has 0 atom stereocenters. The molecular formula is C22H14BrIN2O3. The fraction of sp³-hybridized carbons (Fsp3) is 0.0455. The summed E-state index contributed by atoms with van der Waals surface area (Å²) >= 11 is 5.61. The number of ether oxygens (including phenoxy) is 1. The van der Waals surface area contributed by atoms with Crippen LogP contribution in [-0.2, 0) is 6.61 Å². The summed E-state index contributed by atoms with van der Waals surface area (Å²) in [6.45, 7) is 0.463. The molecule has 0 bridgehead atoms. The van der Waals surface area contributed by atoms with Gasteiger partial charge < -0.3 is 4.74 Å². The van der Waals surface area contributed by atoms with Crippen LogP contribution in [0.25, 0.3) is 11.6 Å². The van der Waals surface area contributed by atoms with Crippen molar-refractivity contribution in [1.82, 2.24) is 0 Å². The van der Waals surface area contributed by atoms with Gasteiger partial charge in [0.15, 0.2) is 0 Å². The Balaban J connectivity index is 1.76. The standard InChI is InChI=1S/C22H14BrIN2O3/c23-19-6-1-15(2-7-19)14-29-22-10-3-16(12-21(22)24)11-18(13-25)17-4-8-20(9-5-17)26(27)28/h1-12H,14H2/b18-11-. The molecule has 0 aliphatic heterocycles. The summed E-state index contributed by atoms with van der Waals surface area (Å²) in [5.74, 6) is 0.763. The fourth-order valence-electron chi connectivity index (χ4n) is 2.58. The minimum absolute atomic E-state index is 0.00661. The SMILES string of the molecule is N#C/C(=C/c1ccc(OCc2ccc(Br)cc2)c(I)c1)c1ccc([N+](=O)[O-])cc1. The van der Waals surface area contributed by atoms with Gasteiger partial charge in [-0.3, -0.25) is 10.1 Å². The Morgan fingerprint density at radius 3 is 2.41 bits per heavy atom. The van der Waals surface area contributed by atoms with Gasteiger partial charge in [0, 0.05) is 16.6 Å². The minimum atomic E-state index is -0.463. The van der Waals surface area contributed by atoms with Crippen molar-refractivity contribution in [3.63, 3.8) is 0 Å². The summed E-state index contributed by atoms with van der Waals surface area (Å²) in [7, 11) is 0. The van der Waals surface area contributed by atoms with Gasteiger partial charge in [-0.15, -0.1) is 0 Å². The van der Waals surface area contributed by atoms with E-state index in [2.05, 4.69) is 44.6 Å². The molecule has 0 aromatic heterocycles. The highest BCUT2D eigenvalue weighted by molar-refractivity contribution is 14.1. The monoisotopic (exact) mass is 560 g/mol. The Bertz CT molecular complexity index is 1100. The van der Waals surface area contributed by atoms with Gasteiger partial charge in [-0.05, 0) is 81.8 Å². The van der Waals surface area contributed by atoms with Crippen LogP contribution in [0.1, 0.15) is 16.7 Å². The van der Waals surface area contributed by atoms with Crippen LogP contribution in [0, 0.1) is 25.0 Å². The van der Waals surface area contributed by atoms with Crippen LogP contribution in [0.2, 0.25) is 0 Å². The molecule has 3 aromatic rings. The zero-order valence-electron chi connectivity index (χ0n) is 15.0. The van der Waals surface area contributed by atoms with Gasteiger partial charge in [0.05, 0.1) is 20.1 Å². The van der Waals surface area contributed by atoms with Crippen molar-refractivity contribution >= 4 is 55.9 Å². The average molecular weight is 561 g/mol. The number of benzene rings is 3. The first-order chi connectivity index (χ1) is 14.0. The maximum Gasteiger partial charge on any atom is 0.269 e. The van der Waals surface area contributed by atoms with E-state index >= 15 is 0 Å². The molecular weight excluding hydrogens is 547 g/mol. The summed E-state index contributed by atoms with van der Waals surface area (Å²) in [6, 6.07) is 21.7. The first kappa shape index (κ1) is 21.0. The van der Waals surface area contributed by atoms with Crippen LogP contribution in [0.3, 0.4) is 0 Å². The Hall–Kier alpha value is -2.70. The third-order valence-electron chi connectivity index (χ3n) is 4.08. The summed E-state index contributed by atoms with van der Waals surface area (Å²) in [5, 5.41) is 20.3. The summed E-state index contributed by atoms with van der Waals surface area (Å²) in [6.07, 6.45) is 1.75. The number of non-ortho nitro benzene ring substituents is 1. The first-order valence-electron chi connectivity index (χ1n) is 8.49. The lowest BCUT2D eigenvalue weighted by Crippen LogP contribution is -1.97. The number of nitrogens with zero attached hydrogens (tertiary/aromatic N) is 2. The zero-order chi connectivity index (χ0) is 20.8. The molecule has 0 amide bonds. The molecule has 3 aromatic carbocycles. The molecule has 0 unspecified atom stereocenters. The number of hydrogen-bond acceptors (Lipinski definition) is 4. The van der Waals surface area contributed by atoms with Gasteiger partial charge in [-0.2, -0.15) is 5.26 Å². The van der Waals surface area contributed by atoms with E-state index in [4.69, 9.17) is 4.74 Å². The number of nitro benzene ring substituents is 1. The topological polar surface area (TPSA) is 76.2 Å². The summed E-state index contributed by atoms with van der Waals surface area (Å²) < 4.78 is 7.84. The molecule has 0 N–H and O–H groups in total. The van der Waals surface area contributed by atoms with E-state index in [9.17, 15) is 15.4 Å². The van der Waals surface area contributed by atoms with Crippen LogP contribution in [-0.4, -0.2) is 4.92 Å². The van der Waals surface area contributed by atoms with Crippen molar-refractivity contribution in [3.8, 4) is 11.8 Å². The fourth-order valence-corrected chi connectivity index (χ4v) is 3.53. The van der Waals surface area contributed by atoms with E-state index in [-0.39, 0.29) is 5.69 Å². The van der Waals surface area contributed by atoms with Gasteiger partial charge in [0.1, 0.15) is 12.4 Å². The van der Waals surface area contributed by atoms with Gasteiger partial charge in [-0.25, -0.2) is 0 Å². The molecule has 29 heavy (non-hydrogen) atoms. The Morgan fingerprint density at radius 2 is 1.83 bits per heavy atom. The second kappa shape index (κ2) is 9.67. The summed E-state index contributed by atoms with van der Waals surface area (Å²) in [5.41, 5.74) is 2.97. The van der Waals surface area contributed by atoms with Gasteiger partial charge >= 0.3 is 0 Å². The quantitative estimate of drug-likeness (QED) is 0.112.